The van der Waals surface area contributed by atoms with Gasteiger partial charge in [0.25, 0.3) is 15.9 Å². The monoisotopic (exact) mass is 571 g/mol. The number of nitrogens with two attached hydrogens (primary N) is 1. The highest BCUT2D eigenvalue weighted by Crippen LogP contribution is 2.39. The number of carbonyl (C=O) groups excluding carboxylic acids is 1. The van der Waals surface area contributed by atoms with Crippen LogP contribution in [0.1, 0.15) is 50.9 Å². The van der Waals surface area contributed by atoms with Crippen LogP contribution in [0.15, 0.2) is 47.5 Å². The minimum absolute atomic E-state index is 0.00125. The Morgan fingerprint density at radius 2 is 1.85 bits per heavy atom. The Morgan fingerprint density at radius 3 is 2.48 bits per heavy atom. The van der Waals surface area contributed by atoms with Gasteiger partial charge in [-0.3, -0.25) is 4.79 Å². The number of halogens is 1. The summed E-state index contributed by atoms with van der Waals surface area (Å²) in [7, 11) is -3.00. The molecule has 0 saturated carbocycles. The van der Waals surface area contributed by atoms with Crippen molar-refractivity contribution < 1.29 is 27.1 Å². The lowest BCUT2D eigenvalue weighted by molar-refractivity contribution is 0.0978. The molecule has 10 nitrogen and oxygen atoms in total. The first-order chi connectivity index (χ1) is 18.9. The van der Waals surface area contributed by atoms with E-state index < -0.39 is 26.8 Å². The molecule has 3 aromatic rings. The number of amides is 1. The standard InChI is InChI=1S/C28H34FN5O5S/c1-16(2)15-39-21-12-19(11-20(29)13-21)22-14-23(38-5)26(27(31-22)34-17(3)9-10-18(34)4)28(35)33-40(36,37)25-8-6-7-24(30)32-25/h6-8,11-14,16-18H,9-10,15H2,1-5H3,(H2,30,32)(H,33,35)/t17-,18+. The van der Waals surface area contributed by atoms with Crippen LogP contribution in [0.25, 0.3) is 11.3 Å². The number of benzene rings is 1. The van der Waals surface area contributed by atoms with E-state index in [1.807, 2.05) is 32.6 Å². The summed E-state index contributed by atoms with van der Waals surface area (Å²) in [5.74, 6) is -0.568. The molecule has 1 saturated heterocycles. The molecule has 0 aliphatic carbocycles. The van der Waals surface area contributed by atoms with Crippen molar-refractivity contribution in [3.8, 4) is 22.8 Å². The zero-order chi connectivity index (χ0) is 29.2. The van der Waals surface area contributed by atoms with Gasteiger partial charge in [-0.1, -0.05) is 19.9 Å². The van der Waals surface area contributed by atoms with Crippen LogP contribution < -0.4 is 24.8 Å². The Balaban J connectivity index is 1.84. The van der Waals surface area contributed by atoms with Gasteiger partial charge in [-0.25, -0.2) is 19.1 Å². The van der Waals surface area contributed by atoms with Gasteiger partial charge < -0.3 is 20.1 Å². The smallest absolute Gasteiger partial charge is 0.281 e. The van der Waals surface area contributed by atoms with Crippen LogP contribution in [0.4, 0.5) is 16.0 Å². The van der Waals surface area contributed by atoms with E-state index >= 15 is 0 Å². The van der Waals surface area contributed by atoms with E-state index in [1.54, 1.807) is 6.07 Å². The van der Waals surface area contributed by atoms with Crippen LogP contribution in [-0.2, 0) is 10.0 Å². The quantitative estimate of drug-likeness (QED) is 0.383. The van der Waals surface area contributed by atoms with Crippen LogP contribution >= 0.6 is 0 Å². The number of carbonyl (C=O) groups is 1. The van der Waals surface area contributed by atoms with E-state index in [1.165, 1.54) is 43.5 Å². The summed E-state index contributed by atoms with van der Waals surface area (Å²) in [5.41, 5.74) is 6.34. The van der Waals surface area contributed by atoms with Gasteiger partial charge in [0.2, 0.25) is 0 Å². The van der Waals surface area contributed by atoms with E-state index in [2.05, 4.69) is 9.71 Å². The molecule has 0 radical (unpaired) electrons. The lowest BCUT2D eigenvalue weighted by Gasteiger charge is -2.30. The fourth-order valence-corrected chi connectivity index (χ4v) is 5.63. The molecule has 0 bridgehead atoms. The molecular weight excluding hydrogens is 537 g/mol. The first-order valence-electron chi connectivity index (χ1n) is 13.0. The van der Waals surface area contributed by atoms with Crippen molar-refractivity contribution in [2.24, 2.45) is 5.92 Å². The molecule has 4 rings (SSSR count). The molecule has 1 fully saturated rings. The van der Waals surface area contributed by atoms with Crippen LogP contribution in [0.2, 0.25) is 0 Å². The Morgan fingerprint density at radius 1 is 1.15 bits per heavy atom. The lowest BCUT2D eigenvalue weighted by Crippen LogP contribution is -2.38. The molecule has 2 atom stereocenters. The zero-order valence-corrected chi connectivity index (χ0v) is 24.0. The summed E-state index contributed by atoms with van der Waals surface area (Å²) >= 11 is 0. The van der Waals surface area contributed by atoms with Gasteiger partial charge in [0.1, 0.15) is 34.5 Å². The number of ether oxygens (including phenoxy) is 2. The number of aromatic nitrogens is 2. The molecule has 1 amide bonds. The number of nitrogens with zero attached hydrogens (tertiary/aromatic N) is 3. The maximum Gasteiger partial charge on any atom is 0.281 e. The first kappa shape index (κ1) is 29.1. The zero-order valence-electron chi connectivity index (χ0n) is 23.1. The van der Waals surface area contributed by atoms with E-state index in [0.717, 1.165) is 12.8 Å². The molecule has 214 valence electrons. The van der Waals surface area contributed by atoms with Gasteiger partial charge in [0.15, 0.2) is 5.03 Å². The van der Waals surface area contributed by atoms with Crippen LogP contribution in [-0.4, -0.2) is 50.1 Å². The third kappa shape index (κ3) is 6.27. The van der Waals surface area contributed by atoms with Crippen molar-refractivity contribution in [2.75, 3.05) is 24.4 Å². The lowest BCUT2D eigenvalue weighted by atomic mass is 10.1. The number of rotatable bonds is 9. The Hall–Kier alpha value is -3.93. The number of hydrogen-bond acceptors (Lipinski definition) is 9. The van der Waals surface area contributed by atoms with Crippen LogP contribution in [0, 0.1) is 11.7 Å². The highest BCUT2D eigenvalue weighted by Gasteiger charge is 2.35. The summed E-state index contributed by atoms with van der Waals surface area (Å²) in [6.45, 7) is 8.39. The van der Waals surface area contributed by atoms with Crippen molar-refractivity contribution >= 4 is 27.6 Å². The molecule has 2 aromatic heterocycles. The summed E-state index contributed by atoms with van der Waals surface area (Å²) < 4.78 is 54.1. The number of nitrogens with one attached hydrogen (secondary N) is 1. The van der Waals surface area contributed by atoms with Gasteiger partial charge in [0.05, 0.1) is 19.4 Å². The largest absolute Gasteiger partial charge is 0.496 e. The fraction of sp³-hybridized carbons (Fsp3) is 0.393. The number of hydrogen-bond donors (Lipinski definition) is 2. The summed E-state index contributed by atoms with van der Waals surface area (Å²) in [6, 6.07) is 9.87. The molecule has 0 spiro atoms. The molecule has 1 aromatic carbocycles. The minimum atomic E-state index is -4.37. The van der Waals surface area contributed by atoms with Crippen molar-refractivity contribution in [2.45, 2.75) is 57.6 Å². The second-order valence-electron chi connectivity index (χ2n) is 10.3. The number of anilines is 2. The summed E-state index contributed by atoms with van der Waals surface area (Å²) in [5, 5.41) is -0.400. The molecule has 3 heterocycles. The number of methoxy groups -OCH3 is 1. The van der Waals surface area contributed by atoms with Crippen molar-refractivity contribution in [1.82, 2.24) is 14.7 Å². The third-order valence-corrected chi connectivity index (χ3v) is 7.84. The molecule has 3 N–H and O–H groups in total. The van der Waals surface area contributed by atoms with Crippen molar-refractivity contribution in [3.63, 3.8) is 0 Å². The Labute approximate surface area is 233 Å². The highest BCUT2D eigenvalue weighted by atomic mass is 32.2. The van der Waals surface area contributed by atoms with Gasteiger partial charge in [0, 0.05) is 29.8 Å². The second kappa shape index (κ2) is 11.7. The van der Waals surface area contributed by atoms with Gasteiger partial charge in [-0.15, -0.1) is 0 Å². The Kier molecular flexibility index (Phi) is 8.48. The maximum absolute atomic E-state index is 14.6. The number of pyridine rings is 2. The van der Waals surface area contributed by atoms with Gasteiger partial charge >= 0.3 is 0 Å². The predicted octanol–water partition coefficient (Wildman–Crippen LogP) is 4.40. The molecule has 1 aliphatic rings. The van der Waals surface area contributed by atoms with E-state index in [9.17, 15) is 17.6 Å². The Bertz CT molecular complexity index is 1500. The molecule has 12 heteroatoms. The normalized spacial score (nSPS) is 17.2. The van der Waals surface area contributed by atoms with E-state index in [0.29, 0.717) is 23.6 Å². The molecule has 0 unspecified atom stereocenters. The van der Waals surface area contributed by atoms with Gasteiger partial charge in [-0.05, 0) is 56.9 Å². The van der Waals surface area contributed by atoms with E-state index in [4.69, 9.17) is 20.2 Å². The molecular formula is C28H34FN5O5S. The topological polar surface area (TPSA) is 137 Å². The van der Waals surface area contributed by atoms with Crippen LogP contribution in [0.3, 0.4) is 0 Å². The molecule has 1 aliphatic heterocycles. The summed E-state index contributed by atoms with van der Waals surface area (Å²) in [6.07, 6.45) is 1.68. The maximum atomic E-state index is 14.6. The SMILES string of the molecule is COc1cc(-c2cc(F)cc(OCC(C)C)c2)nc(N2[C@H](C)CC[C@@H]2C)c1C(=O)NS(=O)(=O)c1cccc(N)n1. The first-order valence-corrected chi connectivity index (χ1v) is 14.5. The van der Waals surface area contributed by atoms with Crippen molar-refractivity contribution in [1.29, 1.82) is 0 Å². The predicted molar refractivity (Wildman–Crippen MR) is 150 cm³/mol. The minimum Gasteiger partial charge on any atom is -0.496 e. The second-order valence-corrected chi connectivity index (χ2v) is 11.9. The fourth-order valence-electron chi connectivity index (χ4n) is 4.69. The average molecular weight is 572 g/mol. The molecule has 40 heavy (non-hydrogen) atoms. The van der Waals surface area contributed by atoms with Crippen LogP contribution in [0.5, 0.6) is 11.5 Å². The summed E-state index contributed by atoms with van der Waals surface area (Å²) in [4.78, 5) is 24.2. The third-order valence-electron chi connectivity index (χ3n) is 6.61. The van der Waals surface area contributed by atoms with E-state index in [-0.39, 0.29) is 41.0 Å². The van der Waals surface area contributed by atoms with Gasteiger partial charge in [-0.2, -0.15) is 8.42 Å². The number of sulfonamides is 1. The van der Waals surface area contributed by atoms with Crippen molar-refractivity contribution in [3.05, 3.63) is 53.8 Å². The highest BCUT2D eigenvalue weighted by molar-refractivity contribution is 7.90. The average Bonchev–Trinajstić information content (AvgIpc) is 3.23. The number of nitrogen functional groups attached to an aromatic ring is 1.